The second-order valence-electron chi connectivity index (χ2n) is 4.84. The summed E-state index contributed by atoms with van der Waals surface area (Å²) in [6.45, 7) is 4.54. The van der Waals surface area contributed by atoms with Gasteiger partial charge >= 0.3 is 0 Å². The van der Waals surface area contributed by atoms with E-state index in [4.69, 9.17) is 4.74 Å². The fraction of sp³-hybridized carbons (Fsp3) is 0.294. The van der Waals surface area contributed by atoms with Gasteiger partial charge in [0.15, 0.2) is 0 Å². The van der Waals surface area contributed by atoms with Crippen LogP contribution in [0.2, 0.25) is 0 Å². The molecule has 1 N–H and O–H groups in total. The quantitative estimate of drug-likeness (QED) is 0.721. The van der Waals surface area contributed by atoms with Crippen LogP contribution in [0.15, 0.2) is 56.7 Å². The molecule has 2 nitrogen and oxygen atoms in total. The highest BCUT2D eigenvalue weighted by Crippen LogP contribution is 2.32. The summed E-state index contributed by atoms with van der Waals surface area (Å²) in [4.78, 5) is 2.55. The first kappa shape index (κ1) is 16.6. The van der Waals surface area contributed by atoms with Crippen molar-refractivity contribution in [1.29, 1.82) is 0 Å². The van der Waals surface area contributed by atoms with Gasteiger partial charge in [-0.2, -0.15) is 0 Å². The highest BCUT2D eigenvalue weighted by molar-refractivity contribution is 9.10. The molecule has 0 atom stereocenters. The summed E-state index contributed by atoms with van der Waals surface area (Å²) in [6.07, 6.45) is 0. The Balaban J connectivity index is 2.08. The van der Waals surface area contributed by atoms with E-state index in [1.165, 1.54) is 20.9 Å². The van der Waals surface area contributed by atoms with Gasteiger partial charge in [0, 0.05) is 34.5 Å². The van der Waals surface area contributed by atoms with E-state index < -0.39 is 0 Å². The van der Waals surface area contributed by atoms with Gasteiger partial charge in [0.25, 0.3) is 0 Å². The van der Waals surface area contributed by atoms with Crippen molar-refractivity contribution < 1.29 is 4.74 Å². The fourth-order valence-electron chi connectivity index (χ4n) is 1.92. The summed E-state index contributed by atoms with van der Waals surface area (Å²) in [6, 6.07) is 15.1. The van der Waals surface area contributed by atoms with E-state index in [0.717, 1.165) is 24.2 Å². The maximum Gasteiger partial charge on any atom is 0.0587 e. The number of rotatable bonds is 7. The largest absolute Gasteiger partial charge is 0.383 e. The predicted octanol–water partition coefficient (Wildman–Crippen LogP) is 4.64. The van der Waals surface area contributed by atoms with Crippen molar-refractivity contribution in [3.63, 3.8) is 0 Å². The molecule has 0 amide bonds. The maximum atomic E-state index is 5.06. The summed E-state index contributed by atoms with van der Waals surface area (Å²) in [7, 11) is 1.72. The summed E-state index contributed by atoms with van der Waals surface area (Å²) in [5.41, 5.74) is 2.59. The third-order valence-electron chi connectivity index (χ3n) is 3.07. The summed E-state index contributed by atoms with van der Waals surface area (Å²) >= 11 is 5.36. The van der Waals surface area contributed by atoms with Gasteiger partial charge < -0.3 is 10.1 Å². The Morgan fingerprint density at radius 3 is 2.62 bits per heavy atom. The molecule has 2 aromatic carbocycles. The zero-order valence-corrected chi connectivity index (χ0v) is 14.8. The normalized spacial score (nSPS) is 10.8. The lowest BCUT2D eigenvalue weighted by molar-refractivity contribution is 0.199. The molecule has 0 aromatic heterocycles. The number of benzene rings is 2. The summed E-state index contributed by atoms with van der Waals surface area (Å²) < 4.78 is 6.17. The van der Waals surface area contributed by atoms with Crippen LogP contribution in [0.4, 0.5) is 0 Å². The molecule has 0 spiro atoms. The molecule has 0 bridgehead atoms. The first-order valence-electron chi connectivity index (χ1n) is 6.91. The Kier molecular flexibility index (Phi) is 6.77. The van der Waals surface area contributed by atoms with Crippen LogP contribution in [0.1, 0.15) is 11.1 Å². The molecule has 0 unspecified atom stereocenters. The lowest BCUT2D eigenvalue weighted by Crippen LogP contribution is -2.18. The van der Waals surface area contributed by atoms with Gasteiger partial charge in [-0.3, -0.25) is 0 Å². The van der Waals surface area contributed by atoms with Gasteiger partial charge in [0.05, 0.1) is 6.61 Å². The standard InChI is InChI=1S/C17H20BrNOS/c1-13-3-6-16(7-4-13)21-17-8-5-15(18)11-14(17)12-19-9-10-20-2/h3-8,11,19H,9-10,12H2,1-2H3. The van der Waals surface area contributed by atoms with Gasteiger partial charge in [-0.25, -0.2) is 0 Å². The summed E-state index contributed by atoms with van der Waals surface area (Å²) in [5, 5.41) is 3.41. The van der Waals surface area contributed by atoms with E-state index in [1.54, 1.807) is 18.9 Å². The molecule has 0 saturated heterocycles. The summed E-state index contributed by atoms with van der Waals surface area (Å²) in [5.74, 6) is 0. The molecular formula is C17H20BrNOS. The first-order chi connectivity index (χ1) is 10.2. The van der Waals surface area contributed by atoms with Gasteiger partial charge in [-0.1, -0.05) is 45.4 Å². The first-order valence-corrected chi connectivity index (χ1v) is 8.52. The minimum absolute atomic E-state index is 0.731. The number of halogens is 1. The molecule has 0 heterocycles. The van der Waals surface area contributed by atoms with Gasteiger partial charge in [0.1, 0.15) is 0 Å². The predicted molar refractivity (Wildman–Crippen MR) is 93.0 cm³/mol. The molecule has 0 radical (unpaired) electrons. The third-order valence-corrected chi connectivity index (χ3v) is 4.69. The van der Waals surface area contributed by atoms with E-state index in [0.29, 0.717) is 0 Å². The van der Waals surface area contributed by atoms with Crippen molar-refractivity contribution in [3.8, 4) is 0 Å². The third kappa shape index (κ3) is 5.47. The van der Waals surface area contributed by atoms with Crippen molar-refractivity contribution in [2.75, 3.05) is 20.3 Å². The second kappa shape index (κ2) is 8.59. The number of ether oxygens (including phenoxy) is 1. The Labute approximate surface area is 139 Å². The average molecular weight is 366 g/mol. The van der Waals surface area contributed by atoms with E-state index in [2.05, 4.69) is 70.6 Å². The Hall–Kier alpha value is -0.810. The number of hydrogen-bond donors (Lipinski definition) is 1. The Bertz CT molecular complexity index is 572. The second-order valence-corrected chi connectivity index (χ2v) is 6.87. The molecule has 2 aromatic rings. The van der Waals surface area contributed by atoms with E-state index in [1.807, 2.05) is 0 Å². The van der Waals surface area contributed by atoms with Crippen LogP contribution in [0.3, 0.4) is 0 Å². The Morgan fingerprint density at radius 2 is 1.90 bits per heavy atom. The molecule has 0 aliphatic carbocycles. The van der Waals surface area contributed by atoms with Crippen LogP contribution in [0.25, 0.3) is 0 Å². The SMILES string of the molecule is COCCNCc1cc(Br)ccc1Sc1ccc(C)cc1. The highest BCUT2D eigenvalue weighted by atomic mass is 79.9. The van der Waals surface area contributed by atoms with Crippen LogP contribution in [0, 0.1) is 6.92 Å². The molecule has 0 aliphatic rings. The lowest BCUT2D eigenvalue weighted by atomic mass is 10.2. The lowest BCUT2D eigenvalue weighted by Gasteiger charge is -2.11. The molecule has 0 saturated carbocycles. The molecule has 21 heavy (non-hydrogen) atoms. The zero-order chi connectivity index (χ0) is 15.1. The number of aryl methyl sites for hydroxylation is 1. The topological polar surface area (TPSA) is 21.3 Å². The van der Waals surface area contributed by atoms with Crippen molar-refractivity contribution >= 4 is 27.7 Å². The van der Waals surface area contributed by atoms with Crippen LogP contribution >= 0.6 is 27.7 Å². The van der Waals surface area contributed by atoms with E-state index >= 15 is 0 Å². The minimum Gasteiger partial charge on any atom is -0.383 e. The Morgan fingerprint density at radius 1 is 1.14 bits per heavy atom. The smallest absolute Gasteiger partial charge is 0.0587 e. The maximum absolute atomic E-state index is 5.06. The highest BCUT2D eigenvalue weighted by Gasteiger charge is 2.05. The molecular weight excluding hydrogens is 346 g/mol. The molecule has 4 heteroatoms. The number of nitrogens with one attached hydrogen (secondary N) is 1. The zero-order valence-electron chi connectivity index (χ0n) is 12.4. The average Bonchev–Trinajstić information content (AvgIpc) is 2.48. The van der Waals surface area contributed by atoms with Crippen LogP contribution in [-0.2, 0) is 11.3 Å². The van der Waals surface area contributed by atoms with Crippen LogP contribution < -0.4 is 5.32 Å². The fourth-order valence-corrected chi connectivity index (χ4v) is 3.25. The van der Waals surface area contributed by atoms with Crippen LogP contribution in [-0.4, -0.2) is 20.3 Å². The van der Waals surface area contributed by atoms with Crippen LogP contribution in [0.5, 0.6) is 0 Å². The number of methoxy groups -OCH3 is 1. The van der Waals surface area contributed by atoms with Crippen molar-refractivity contribution in [1.82, 2.24) is 5.32 Å². The van der Waals surface area contributed by atoms with E-state index in [9.17, 15) is 0 Å². The number of hydrogen-bond acceptors (Lipinski definition) is 3. The van der Waals surface area contributed by atoms with Crippen molar-refractivity contribution in [3.05, 3.63) is 58.1 Å². The van der Waals surface area contributed by atoms with Crippen molar-refractivity contribution in [2.45, 2.75) is 23.3 Å². The molecule has 2 rings (SSSR count). The van der Waals surface area contributed by atoms with E-state index in [-0.39, 0.29) is 0 Å². The molecule has 0 fully saturated rings. The minimum atomic E-state index is 0.731. The molecule has 112 valence electrons. The monoisotopic (exact) mass is 365 g/mol. The van der Waals surface area contributed by atoms with Gasteiger partial charge in [-0.05, 0) is 42.8 Å². The van der Waals surface area contributed by atoms with Crippen molar-refractivity contribution in [2.24, 2.45) is 0 Å². The van der Waals surface area contributed by atoms with Gasteiger partial charge in [-0.15, -0.1) is 0 Å². The van der Waals surface area contributed by atoms with Gasteiger partial charge in [0.2, 0.25) is 0 Å². The molecule has 0 aliphatic heterocycles.